The topological polar surface area (TPSA) is 339 Å². The number of aliphatic hydroxyl groups is 2. The third-order valence-electron chi connectivity index (χ3n) is 5.29. The normalized spacial score (nSPS) is 23.5. The molecular formula is C16H17N6O17P3S. The van der Waals surface area contributed by atoms with Crippen LogP contribution >= 0.6 is 35.2 Å². The molecule has 0 radical (unpaired) electrons. The minimum absolute atomic E-state index is 0.272. The lowest BCUT2D eigenvalue weighted by Gasteiger charge is -2.18. The minimum Gasteiger partial charge on any atom is -0.388 e. The molecule has 0 amide bonds. The van der Waals surface area contributed by atoms with Gasteiger partial charge < -0.3 is 34.2 Å². The fourth-order valence-electron chi connectivity index (χ4n) is 3.58. The molecule has 2 aromatic heterocycles. The second-order valence-corrected chi connectivity index (χ2v) is 13.7. The van der Waals surface area contributed by atoms with Crippen LogP contribution in [0.4, 0.5) is 11.4 Å². The standard InChI is InChI=1S/C16H17N6O17P3S/c1-6-11(23)12(24)15(36-6)20-5-17-10-13(20)18-16(43-9-3-2-7(21(25)26)4-8(9)22(27)28)19-14(10)37-41(32,33)39-42(34,35)38-40(29,30)31/h2-6,11-12,15,23-24H,1H3,(H,32,33)(H,34,35)(H2,29,30,31). The van der Waals surface area contributed by atoms with Crippen molar-refractivity contribution in [1.29, 1.82) is 0 Å². The number of fused-ring (bicyclic) bond motifs is 1. The highest BCUT2D eigenvalue weighted by atomic mass is 32.2. The van der Waals surface area contributed by atoms with E-state index >= 15 is 0 Å². The van der Waals surface area contributed by atoms with Crippen LogP contribution in [0, 0.1) is 20.2 Å². The Hall–Kier alpha value is -2.95. The molecule has 1 saturated heterocycles. The van der Waals surface area contributed by atoms with E-state index in [-0.39, 0.29) is 10.5 Å². The fourth-order valence-corrected chi connectivity index (χ4v) is 7.39. The fraction of sp³-hybridized carbons (Fsp3) is 0.312. The van der Waals surface area contributed by atoms with E-state index in [0.29, 0.717) is 17.8 Å². The number of nitro groups is 2. The van der Waals surface area contributed by atoms with Crippen molar-refractivity contribution in [3.8, 4) is 5.88 Å². The van der Waals surface area contributed by atoms with Crippen LogP contribution in [0.3, 0.4) is 0 Å². The van der Waals surface area contributed by atoms with E-state index in [4.69, 9.17) is 19.0 Å². The Morgan fingerprint density at radius 1 is 1.00 bits per heavy atom. The van der Waals surface area contributed by atoms with Crippen LogP contribution in [0.2, 0.25) is 0 Å². The predicted octanol–water partition coefficient (Wildman–Crippen LogP) is 1.14. The number of imidazole rings is 1. The van der Waals surface area contributed by atoms with Crippen molar-refractivity contribution in [2.75, 3.05) is 0 Å². The van der Waals surface area contributed by atoms with E-state index in [2.05, 4.69) is 23.6 Å². The van der Waals surface area contributed by atoms with Gasteiger partial charge in [-0.15, -0.1) is 0 Å². The molecule has 1 aliphatic rings. The second-order valence-electron chi connectivity index (χ2n) is 8.30. The predicted molar refractivity (Wildman–Crippen MR) is 135 cm³/mol. The smallest absolute Gasteiger partial charge is 0.388 e. The zero-order chi connectivity index (χ0) is 32.1. The molecule has 1 fully saturated rings. The van der Waals surface area contributed by atoms with Gasteiger partial charge in [0.05, 0.1) is 33.2 Å². The summed E-state index contributed by atoms with van der Waals surface area (Å²) in [5.74, 6) is -1.00. The van der Waals surface area contributed by atoms with Crippen molar-refractivity contribution >= 4 is 57.8 Å². The highest BCUT2D eigenvalue weighted by molar-refractivity contribution is 7.99. The first-order valence-corrected chi connectivity index (χ1v) is 16.3. The Morgan fingerprint density at radius 2 is 1.67 bits per heavy atom. The lowest BCUT2D eigenvalue weighted by Crippen LogP contribution is -2.30. The van der Waals surface area contributed by atoms with Crippen molar-refractivity contribution in [3.05, 3.63) is 44.8 Å². The van der Waals surface area contributed by atoms with Gasteiger partial charge in [-0.1, -0.05) is 0 Å². The minimum atomic E-state index is -5.95. The van der Waals surface area contributed by atoms with E-state index in [1.807, 2.05) is 0 Å². The van der Waals surface area contributed by atoms with Crippen molar-refractivity contribution < 1.29 is 71.2 Å². The van der Waals surface area contributed by atoms with Crippen molar-refractivity contribution in [2.45, 2.75) is 41.5 Å². The lowest BCUT2D eigenvalue weighted by atomic mass is 10.1. The summed E-state index contributed by atoms with van der Waals surface area (Å²) in [6.45, 7) is 1.43. The van der Waals surface area contributed by atoms with Gasteiger partial charge in [0.2, 0.25) is 0 Å². The summed E-state index contributed by atoms with van der Waals surface area (Å²) < 4.78 is 53.9. The average Bonchev–Trinajstić information content (AvgIpc) is 3.37. The summed E-state index contributed by atoms with van der Waals surface area (Å²) >= 11 is 0.391. The average molecular weight is 690 g/mol. The Kier molecular flexibility index (Phi) is 9.09. The number of ether oxygens (including phenoxy) is 1. The molecule has 43 heavy (non-hydrogen) atoms. The second kappa shape index (κ2) is 11.9. The molecule has 234 valence electrons. The van der Waals surface area contributed by atoms with Gasteiger partial charge in [-0.2, -0.15) is 13.6 Å². The van der Waals surface area contributed by atoms with Crippen molar-refractivity contribution in [3.63, 3.8) is 0 Å². The third kappa shape index (κ3) is 7.59. The Bertz CT molecular complexity index is 1750. The van der Waals surface area contributed by atoms with Gasteiger partial charge in [0.25, 0.3) is 17.3 Å². The molecule has 6 atom stereocenters. The van der Waals surface area contributed by atoms with Gasteiger partial charge in [0, 0.05) is 6.07 Å². The molecule has 3 heterocycles. The molecule has 0 bridgehead atoms. The summed E-state index contributed by atoms with van der Waals surface area (Å²) in [5.41, 5.74) is -2.26. The number of nitrogens with zero attached hydrogens (tertiary/aromatic N) is 6. The molecule has 1 aromatic carbocycles. The summed E-state index contributed by atoms with van der Waals surface area (Å²) in [6, 6.07) is 2.55. The molecule has 1 aliphatic heterocycles. The van der Waals surface area contributed by atoms with E-state index in [0.717, 1.165) is 23.0 Å². The number of aliphatic hydroxyl groups excluding tert-OH is 2. The van der Waals surface area contributed by atoms with Gasteiger partial charge in [-0.05, 0) is 24.8 Å². The maximum Gasteiger partial charge on any atom is 0.537 e. The molecule has 6 unspecified atom stereocenters. The molecule has 3 aromatic rings. The number of phosphoric acid groups is 3. The highest BCUT2D eigenvalue weighted by Gasteiger charge is 2.44. The number of aromatic nitrogens is 4. The first kappa shape index (κ1) is 33.0. The van der Waals surface area contributed by atoms with E-state index in [1.165, 1.54) is 6.92 Å². The monoisotopic (exact) mass is 690 g/mol. The van der Waals surface area contributed by atoms with Crippen LogP contribution in [0.5, 0.6) is 5.88 Å². The Balaban J connectivity index is 1.82. The molecule has 0 aliphatic carbocycles. The molecule has 27 heteroatoms. The van der Waals surface area contributed by atoms with Crippen LogP contribution < -0.4 is 4.52 Å². The van der Waals surface area contributed by atoms with Gasteiger partial charge in [-0.3, -0.25) is 29.7 Å². The molecule has 0 spiro atoms. The maximum absolute atomic E-state index is 12.5. The van der Waals surface area contributed by atoms with Crippen LogP contribution in [-0.2, 0) is 27.1 Å². The van der Waals surface area contributed by atoms with E-state index < -0.39 is 85.8 Å². The van der Waals surface area contributed by atoms with Gasteiger partial charge in [0.15, 0.2) is 22.5 Å². The zero-order valence-corrected chi connectivity index (χ0v) is 24.2. The van der Waals surface area contributed by atoms with Crippen molar-refractivity contribution in [1.82, 2.24) is 19.5 Å². The number of non-ortho nitro benzene ring substituents is 1. The Morgan fingerprint density at radius 3 is 2.23 bits per heavy atom. The summed E-state index contributed by atoms with van der Waals surface area (Å²) in [7, 11) is -17.5. The highest BCUT2D eigenvalue weighted by Crippen LogP contribution is 2.66. The van der Waals surface area contributed by atoms with E-state index in [1.54, 1.807) is 0 Å². The lowest BCUT2D eigenvalue weighted by molar-refractivity contribution is -0.396. The van der Waals surface area contributed by atoms with Crippen molar-refractivity contribution in [2.24, 2.45) is 0 Å². The maximum atomic E-state index is 12.5. The first-order valence-electron chi connectivity index (χ1n) is 11.0. The molecule has 6 N–H and O–H groups in total. The van der Waals surface area contributed by atoms with Crippen LogP contribution in [0.25, 0.3) is 11.2 Å². The van der Waals surface area contributed by atoms with Crippen LogP contribution in [0.15, 0.2) is 34.6 Å². The van der Waals surface area contributed by atoms with Crippen LogP contribution in [-0.4, -0.2) is 77.5 Å². The van der Waals surface area contributed by atoms with Gasteiger partial charge in [0.1, 0.15) is 12.2 Å². The van der Waals surface area contributed by atoms with Gasteiger partial charge in [-0.25, -0.2) is 23.7 Å². The molecule has 4 rings (SSSR count). The number of nitro benzene ring substituents is 2. The number of rotatable bonds is 11. The number of benzene rings is 1. The zero-order valence-electron chi connectivity index (χ0n) is 20.7. The quantitative estimate of drug-likeness (QED) is 0.0710. The molecule has 0 saturated carbocycles. The number of phosphoric ester groups is 1. The van der Waals surface area contributed by atoms with Crippen LogP contribution in [0.1, 0.15) is 13.2 Å². The SMILES string of the molecule is CC1OC(n2cnc3c(OP(=O)(O)OP(=O)(O)OP(=O)(O)O)nc(Sc4ccc([N+](=O)[O-])cc4[N+](=O)[O-])nc32)C(O)C1O. The van der Waals surface area contributed by atoms with E-state index in [9.17, 15) is 53.9 Å². The summed E-state index contributed by atoms with van der Waals surface area (Å²) in [5, 5.41) is 42.7. The largest absolute Gasteiger partial charge is 0.537 e. The molecular weight excluding hydrogens is 673 g/mol. The Labute approximate surface area is 240 Å². The van der Waals surface area contributed by atoms with Gasteiger partial charge >= 0.3 is 23.5 Å². The summed E-state index contributed by atoms with van der Waals surface area (Å²) in [6.07, 6.45) is -4.24. The first-order chi connectivity index (χ1) is 19.8. The third-order valence-corrected chi connectivity index (χ3v) is 9.95. The molecule has 23 nitrogen and oxygen atoms in total. The number of hydrogen-bond donors (Lipinski definition) is 6. The summed E-state index contributed by atoms with van der Waals surface area (Å²) in [4.78, 5) is 69.4. The number of hydrogen-bond acceptors (Lipinski definition) is 17.